The number of rotatable bonds is 7. The standard InChI is InChI=1S/C26H33F3N4O/c27-26(28,29)23-7-13-30-24(18-23)33-16-10-22(11-17-33)25(34)31-12-6-20-8-14-32(15-9-20)19-21-4-2-1-3-5-21/h1-5,7,13,18,20,22H,6,8-12,14-17,19H2,(H,31,34). The van der Waals surface area contributed by atoms with Crippen molar-refractivity contribution in [3.05, 3.63) is 59.8 Å². The van der Waals surface area contributed by atoms with Gasteiger partial charge >= 0.3 is 6.18 Å². The van der Waals surface area contributed by atoms with Crippen LogP contribution in [0.2, 0.25) is 0 Å². The molecular weight excluding hydrogens is 441 g/mol. The maximum Gasteiger partial charge on any atom is 0.416 e. The Morgan fingerprint density at radius 1 is 1.00 bits per heavy atom. The number of halogens is 3. The van der Waals surface area contributed by atoms with Gasteiger partial charge in [-0.05, 0) is 68.8 Å². The minimum Gasteiger partial charge on any atom is -0.357 e. The predicted octanol–water partition coefficient (Wildman–Crippen LogP) is 4.74. The summed E-state index contributed by atoms with van der Waals surface area (Å²) in [7, 11) is 0. The van der Waals surface area contributed by atoms with Crippen LogP contribution in [0, 0.1) is 11.8 Å². The Balaban J connectivity index is 1.14. The Labute approximate surface area is 199 Å². The van der Waals surface area contributed by atoms with Crippen LogP contribution in [0.3, 0.4) is 0 Å². The third-order valence-electron chi connectivity index (χ3n) is 7.07. The highest BCUT2D eigenvalue weighted by Gasteiger charge is 2.32. The van der Waals surface area contributed by atoms with Crippen LogP contribution in [0.25, 0.3) is 0 Å². The number of anilines is 1. The summed E-state index contributed by atoms with van der Waals surface area (Å²) < 4.78 is 38.9. The van der Waals surface area contributed by atoms with Crippen molar-refractivity contribution in [1.82, 2.24) is 15.2 Å². The van der Waals surface area contributed by atoms with Gasteiger partial charge in [0, 0.05) is 38.3 Å². The quantitative estimate of drug-likeness (QED) is 0.630. The molecule has 0 aliphatic carbocycles. The fraction of sp³-hybridized carbons (Fsp3) is 0.538. The highest BCUT2D eigenvalue weighted by Crippen LogP contribution is 2.31. The van der Waals surface area contributed by atoms with Crippen LogP contribution < -0.4 is 10.2 Å². The number of nitrogens with zero attached hydrogens (tertiary/aromatic N) is 3. The van der Waals surface area contributed by atoms with Gasteiger partial charge in [-0.1, -0.05) is 30.3 Å². The molecule has 8 heteroatoms. The second-order valence-electron chi connectivity index (χ2n) is 9.45. The van der Waals surface area contributed by atoms with Gasteiger partial charge in [0.15, 0.2) is 0 Å². The Kier molecular flexibility index (Phi) is 8.08. The van der Waals surface area contributed by atoms with Gasteiger partial charge in [-0.2, -0.15) is 13.2 Å². The normalized spacial score (nSPS) is 18.7. The summed E-state index contributed by atoms with van der Waals surface area (Å²) in [4.78, 5) is 21.1. The predicted molar refractivity (Wildman–Crippen MR) is 126 cm³/mol. The number of hydrogen-bond donors (Lipinski definition) is 1. The van der Waals surface area contributed by atoms with Crippen molar-refractivity contribution in [3.63, 3.8) is 0 Å². The molecule has 1 N–H and O–H groups in total. The number of nitrogens with one attached hydrogen (secondary N) is 1. The number of aromatic nitrogens is 1. The van der Waals surface area contributed by atoms with Crippen molar-refractivity contribution in [3.8, 4) is 0 Å². The van der Waals surface area contributed by atoms with E-state index < -0.39 is 11.7 Å². The number of hydrogen-bond acceptors (Lipinski definition) is 4. The zero-order valence-electron chi connectivity index (χ0n) is 19.4. The molecule has 3 heterocycles. The highest BCUT2D eigenvalue weighted by molar-refractivity contribution is 5.78. The van der Waals surface area contributed by atoms with Crippen LogP contribution in [0.1, 0.15) is 43.2 Å². The second kappa shape index (κ2) is 11.2. The maximum absolute atomic E-state index is 13.0. The first kappa shape index (κ1) is 24.5. The lowest BCUT2D eigenvalue weighted by Gasteiger charge is -2.33. The van der Waals surface area contributed by atoms with Crippen LogP contribution in [0.4, 0.5) is 19.0 Å². The molecule has 0 bridgehead atoms. The van der Waals surface area contributed by atoms with Crippen molar-refractivity contribution in [2.75, 3.05) is 37.6 Å². The van der Waals surface area contributed by atoms with E-state index in [4.69, 9.17) is 0 Å². The molecule has 0 saturated carbocycles. The first-order valence-corrected chi connectivity index (χ1v) is 12.2. The molecule has 0 radical (unpaired) electrons. The van der Waals surface area contributed by atoms with Crippen LogP contribution in [-0.2, 0) is 17.5 Å². The number of piperidine rings is 2. The number of likely N-dealkylation sites (tertiary alicyclic amines) is 1. The average molecular weight is 475 g/mol. The molecule has 2 aliphatic rings. The lowest BCUT2D eigenvalue weighted by molar-refractivity contribution is -0.137. The number of amides is 1. The fourth-order valence-electron chi connectivity index (χ4n) is 4.96. The first-order chi connectivity index (χ1) is 16.4. The number of benzene rings is 1. The minimum atomic E-state index is -4.38. The topological polar surface area (TPSA) is 48.5 Å². The van der Waals surface area contributed by atoms with E-state index in [2.05, 4.69) is 39.5 Å². The molecule has 184 valence electrons. The molecule has 2 aliphatic heterocycles. The van der Waals surface area contributed by atoms with E-state index in [9.17, 15) is 18.0 Å². The van der Waals surface area contributed by atoms with Crippen LogP contribution in [0.15, 0.2) is 48.7 Å². The Bertz CT molecular complexity index is 921. The molecule has 5 nitrogen and oxygen atoms in total. The second-order valence-corrected chi connectivity index (χ2v) is 9.45. The van der Waals surface area contributed by atoms with Crippen molar-refractivity contribution in [1.29, 1.82) is 0 Å². The number of pyridine rings is 1. The van der Waals surface area contributed by atoms with E-state index in [-0.39, 0.29) is 11.8 Å². The summed E-state index contributed by atoms with van der Waals surface area (Å²) in [5.74, 6) is 0.946. The summed E-state index contributed by atoms with van der Waals surface area (Å²) >= 11 is 0. The molecule has 1 amide bonds. The van der Waals surface area contributed by atoms with Gasteiger partial charge in [0.1, 0.15) is 5.82 Å². The van der Waals surface area contributed by atoms with Crippen molar-refractivity contribution in [2.24, 2.45) is 11.8 Å². The molecule has 34 heavy (non-hydrogen) atoms. The van der Waals surface area contributed by atoms with E-state index in [0.29, 0.717) is 44.2 Å². The molecule has 0 spiro atoms. The third kappa shape index (κ3) is 6.72. The highest BCUT2D eigenvalue weighted by atomic mass is 19.4. The van der Waals surface area contributed by atoms with E-state index in [1.54, 1.807) is 0 Å². The summed E-state index contributed by atoms with van der Waals surface area (Å²) in [5.41, 5.74) is 0.659. The lowest BCUT2D eigenvalue weighted by Crippen LogP contribution is -2.41. The largest absolute Gasteiger partial charge is 0.416 e. The number of carbonyl (C=O) groups excluding carboxylic acids is 1. The molecule has 1 aromatic carbocycles. The smallest absolute Gasteiger partial charge is 0.357 e. The molecule has 0 atom stereocenters. The Hall–Kier alpha value is -2.61. The Morgan fingerprint density at radius 3 is 2.38 bits per heavy atom. The van der Waals surface area contributed by atoms with Gasteiger partial charge in [-0.3, -0.25) is 9.69 Å². The lowest BCUT2D eigenvalue weighted by atomic mass is 9.92. The van der Waals surface area contributed by atoms with Crippen LogP contribution in [0.5, 0.6) is 0 Å². The zero-order valence-corrected chi connectivity index (χ0v) is 19.4. The number of carbonyl (C=O) groups is 1. The van der Waals surface area contributed by atoms with Gasteiger partial charge in [-0.25, -0.2) is 4.98 Å². The molecular formula is C26H33F3N4O. The summed E-state index contributed by atoms with van der Waals surface area (Å²) in [6.45, 7) is 4.94. The zero-order chi connectivity index (χ0) is 24.0. The van der Waals surface area contributed by atoms with E-state index in [1.165, 1.54) is 11.8 Å². The van der Waals surface area contributed by atoms with Gasteiger partial charge in [0.25, 0.3) is 0 Å². The van der Waals surface area contributed by atoms with E-state index >= 15 is 0 Å². The van der Waals surface area contributed by atoms with Crippen molar-refractivity contribution < 1.29 is 18.0 Å². The molecule has 2 fully saturated rings. The summed E-state index contributed by atoms with van der Waals surface area (Å²) in [6, 6.07) is 12.6. The maximum atomic E-state index is 13.0. The molecule has 0 unspecified atom stereocenters. The molecule has 2 aromatic rings. The first-order valence-electron chi connectivity index (χ1n) is 12.2. The van der Waals surface area contributed by atoms with Crippen molar-refractivity contribution in [2.45, 2.75) is 44.8 Å². The molecule has 4 rings (SSSR count). The molecule has 1 aromatic heterocycles. The number of alkyl halides is 3. The van der Waals surface area contributed by atoms with Gasteiger partial charge in [0.05, 0.1) is 5.56 Å². The SMILES string of the molecule is O=C(NCCC1CCN(Cc2ccccc2)CC1)C1CCN(c2cc(C(F)(F)F)ccn2)CC1. The average Bonchev–Trinajstić information content (AvgIpc) is 2.85. The van der Waals surface area contributed by atoms with Crippen LogP contribution >= 0.6 is 0 Å². The Morgan fingerprint density at radius 2 is 1.71 bits per heavy atom. The minimum absolute atomic E-state index is 0.0677. The summed E-state index contributed by atoms with van der Waals surface area (Å²) in [5, 5.41) is 3.10. The summed E-state index contributed by atoms with van der Waals surface area (Å²) in [6.07, 6.45) is 1.38. The molecule has 2 saturated heterocycles. The van der Waals surface area contributed by atoms with Crippen molar-refractivity contribution >= 4 is 11.7 Å². The third-order valence-corrected chi connectivity index (χ3v) is 7.07. The van der Waals surface area contributed by atoms with Gasteiger partial charge < -0.3 is 10.2 Å². The monoisotopic (exact) mass is 474 g/mol. The van der Waals surface area contributed by atoms with E-state index in [1.807, 2.05) is 11.0 Å². The van der Waals surface area contributed by atoms with E-state index in [0.717, 1.165) is 51.0 Å². The fourth-order valence-corrected chi connectivity index (χ4v) is 4.96. The van der Waals surface area contributed by atoms with Gasteiger partial charge in [0.2, 0.25) is 5.91 Å². The van der Waals surface area contributed by atoms with Crippen LogP contribution in [-0.4, -0.2) is 48.5 Å². The van der Waals surface area contributed by atoms with Gasteiger partial charge in [-0.15, -0.1) is 0 Å².